The van der Waals surface area contributed by atoms with E-state index in [2.05, 4.69) is 197 Å². The van der Waals surface area contributed by atoms with Crippen LogP contribution in [0.4, 0.5) is 0 Å². The molecule has 0 spiro atoms. The van der Waals surface area contributed by atoms with Gasteiger partial charge in [-0.2, -0.15) is 9.13 Å². The minimum Gasteiger partial charge on any atom is -0.320 e. The van der Waals surface area contributed by atoms with Crippen molar-refractivity contribution in [2.24, 2.45) is 5.92 Å². The average Bonchev–Trinajstić information content (AvgIpc) is 3.54. The number of para-hydroxylation sites is 1. The van der Waals surface area contributed by atoms with Gasteiger partial charge in [-0.15, -0.1) is 0 Å². The lowest BCUT2D eigenvalue weighted by Crippen LogP contribution is -2.70. The number of unbranched alkanes of at least 4 members (excludes halogenated alkanes) is 1. The molecule has 8 aromatic rings. The summed E-state index contributed by atoms with van der Waals surface area (Å²) in [7, 11) is 0. The molecule has 0 saturated heterocycles. The minimum absolute atomic E-state index is 0.139. The van der Waals surface area contributed by atoms with Gasteiger partial charge in [-0.05, 0) is 96.6 Å². The smallest absolute Gasteiger partial charge is 0.214 e. The van der Waals surface area contributed by atoms with E-state index < -0.39 is 0 Å². The number of hydrogen-bond acceptors (Lipinski definition) is 0. The number of rotatable bonds is 11. The molecule has 3 unspecified atom stereocenters. The highest BCUT2D eigenvalue weighted by Crippen LogP contribution is 2.52. The van der Waals surface area contributed by atoms with Crippen molar-refractivity contribution >= 4 is 38.1 Å². The second kappa shape index (κ2) is 14.8. The van der Waals surface area contributed by atoms with Crippen molar-refractivity contribution in [1.82, 2.24) is 4.40 Å². The Labute approximate surface area is 346 Å². The van der Waals surface area contributed by atoms with Gasteiger partial charge in [-0.25, -0.2) is 0 Å². The second-order valence-corrected chi connectivity index (χ2v) is 18.2. The summed E-state index contributed by atoms with van der Waals surface area (Å²) >= 11 is 0. The fourth-order valence-corrected chi connectivity index (χ4v) is 11.0. The maximum absolute atomic E-state index is 2.77. The number of pyridine rings is 3. The van der Waals surface area contributed by atoms with Crippen LogP contribution in [0.25, 0.3) is 60.5 Å². The molecule has 1 aliphatic heterocycles. The number of aryl methyl sites for hydroxylation is 1. The predicted octanol–water partition coefficient (Wildman–Crippen LogP) is 13.6. The molecular weight excluding hydrogens is 703 g/mol. The molecule has 0 amide bonds. The molecule has 4 aromatic carbocycles. The zero-order chi connectivity index (χ0) is 40.3. The summed E-state index contributed by atoms with van der Waals surface area (Å²) in [5.41, 5.74) is 14.5. The van der Waals surface area contributed by atoms with Crippen LogP contribution in [-0.2, 0) is 23.9 Å². The van der Waals surface area contributed by atoms with Crippen LogP contribution in [0.1, 0.15) is 109 Å². The normalized spacial score (nSPS) is 18.4. The summed E-state index contributed by atoms with van der Waals surface area (Å²) in [6.45, 7) is 20.1. The standard InChI is InChI=1S/C55H61N3/c1-9-12-20-39(7)45-33-53-44-24-16-18-25-49(44)54(8,10-2)55(11-3,58(53)36-48(45)40-21-14-13-15-22-40)34-42-30-41-31-52-47(32-46(41)51-29-38(6)27-28-56(42)51)43-23-17-19-26-50(43)57(52)35-37(4)5/h13-19,21-33,36-37,39H,9-12,20,34-35H2,1-8H3/q+2. The van der Waals surface area contributed by atoms with Gasteiger partial charge >= 0.3 is 0 Å². The zero-order valence-corrected chi connectivity index (χ0v) is 36.1. The maximum Gasteiger partial charge on any atom is 0.214 e. The van der Waals surface area contributed by atoms with Gasteiger partial charge in [0.1, 0.15) is 0 Å². The SMILES string of the molecule is CCCCC(C)c1cc2[n+](cc1-c1ccccc1)C(CC)(Cc1cc3cc4c(cc3c3cc(C)ccn13)c1ccccc1[n+]4CC(C)C)C(C)(CC)c1ccccc1-2. The third-order valence-corrected chi connectivity index (χ3v) is 14.3. The van der Waals surface area contributed by atoms with Crippen LogP contribution in [-0.4, -0.2) is 4.40 Å². The Morgan fingerprint density at radius 1 is 0.707 bits per heavy atom. The average molecular weight is 764 g/mol. The molecule has 9 rings (SSSR count). The van der Waals surface area contributed by atoms with Crippen molar-refractivity contribution in [3.05, 3.63) is 150 Å². The van der Waals surface area contributed by atoms with E-state index in [9.17, 15) is 0 Å². The van der Waals surface area contributed by atoms with Gasteiger partial charge in [-0.1, -0.05) is 115 Å². The third-order valence-electron chi connectivity index (χ3n) is 14.3. The minimum atomic E-state index is -0.255. The van der Waals surface area contributed by atoms with Crippen molar-refractivity contribution in [2.75, 3.05) is 0 Å². The van der Waals surface area contributed by atoms with Gasteiger partial charge in [0.05, 0.1) is 33.7 Å². The van der Waals surface area contributed by atoms with E-state index in [1.165, 1.54) is 102 Å². The molecule has 58 heavy (non-hydrogen) atoms. The van der Waals surface area contributed by atoms with Crippen molar-refractivity contribution in [3.63, 3.8) is 0 Å². The number of fused-ring (bicyclic) bond motifs is 9. The fourth-order valence-electron chi connectivity index (χ4n) is 11.0. The first kappa shape index (κ1) is 38.2. The quantitative estimate of drug-likeness (QED) is 0.0919. The van der Waals surface area contributed by atoms with Gasteiger partial charge < -0.3 is 4.40 Å². The van der Waals surface area contributed by atoms with E-state index in [1.807, 2.05) is 0 Å². The Bertz CT molecular complexity index is 2830. The van der Waals surface area contributed by atoms with Gasteiger partial charge in [0.2, 0.25) is 16.7 Å². The highest BCUT2D eigenvalue weighted by molar-refractivity contribution is 6.12. The van der Waals surface area contributed by atoms with E-state index in [-0.39, 0.29) is 11.0 Å². The van der Waals surface area contributed by atoms with Crippen LogP contribution < -0.4 is 9.13 Å². The lowest BCUT2D eigenvalue weighted by atomic mass is 9.58. The topological polar surface area (TPSA) is 12.2 Å². The summed E-state index contributed by atoms with van der Waals surface area (Å²) in [6.07, 6.45) is 11.5. The van der Waals surface area contributed by atoms with Gasteiger partial charge in [0.15, 0.2) is 18.3 Å². The van der Waals surface area contributed by atoms with Crippen LogP contribution in [0.3, 0.4) is 0 Å². The van der Waals surface area contributed by atoms with Crippen molar-refractivity contribution < 1.29 is 9.13 Å². The van der Waals surface area contributed by atoms with Gasteiger partial charge in [0, 0.05) is 53.4 Å². The molecular formula is C55H61N3+2. The Morgan fingerprint density at radius 2 is 1.47 bits per heavy atom. The Hall–Kier alpha value is -5.28. The lowest BCUT2D eigenvalue weighted by Gasteiger charge is -2.48. The van der Waals surface area contributed by atoms with Crippen LogP contribution in [0.2, 0.25) is 0 Å². The number of aromatic nitrogens is 3. The number of benzene rings is 4. The predicted molar refractivity (Wildman–Crippen MR) is 245 cm³/mol. The molecule has 0 N–H and O–H groups in total. The highest BCUT2D eigenvalue weighted by Gasteiger charge is 2.60. The van der Waals surface area contributed by atoms with Gasteiger partial charge in [0.25, 0.3) is 0 Å². The first-order valence-corrected chi connectivity index (χ1v) is 22.2. The molecule has 5 heterocycles. The molecule has 3 heteroatoms. The maximum atomic E-state index is 2.77. The molecule has 3 atom stereocenters. The van der Waals surface area contributed by atoms with E-state index in [0.717, 1.165) is 25.8 Å². The Morgan fingerprint density at radius 3 is 2.22 bits per heavy atom. The molecule has 0 bridgehead atoms. The lowest BCUT2D eigenvalue weighted by molar-refractivity contribution is -0.768. The third kappa shape index (κ3) is 5.90. The number of hydrogen-bond donors (Lipinski definition) is 0. The van der Waals surface area contributed by atoms with Crippen LogP contribution >= 0.6 is 0 Å². The molecule has 294 valence electrons. The second-order valence-electron chi connectivity index (χ2n) is 18.2. The molecule has 0 aliphatic carbocycles. The molecule has 4 aromatic heterocycles. The summed E-state index contributed by atoms with van der Waals surface area (Å²) in [5.74, 6) is 0.994. The van der Waals surface area contributed by atoms with E-state index in [4.69, 9.17) is 0 Å². The molecule has 0 fully saturated rings. The van der Waals surface area contributed by atoms with Crippen molar-refractivity contribution in [1.29, 1.82) is 0 Å². The van der Waals surface area contributed by atoms with E-state index >= 15 is 0 Å². The van der Waals surface area contributed by atoms with Crippen molar-refractivity contribution in [3.8, 4) is 22.4 Å². The molecule has 1 aliphatic rings. The highest BCUT2D eigenvalue weighted by atomic mass is 15.1. The van der Waals surface area contributed by atoms with E-state index in [1.54, 1.807) is 0 Å². The zero-order valence-electron chi connectivity index (χ0n) is 36.1. The Balaban J connectivity index is 1.34. The monoisotopic (exact) mass is 763 g/mol. The summed E-state index contributed by atoms with van der Waals surface area (Å²) < 4.78 is 7.87. The largest absolute Gasteiger partial charge is 0.320 e. The molecule has 0 saturated carbocycles. The summed E-state index contributed by atoms with van der Waals surface area (Å²) in [6, 6.07) is 44.4. The molecule has 0 radical (unpaired) electrons. The molecule has 3 nitrogen and oxygen atoms in total. The van der Waals surface area contributed by atoms with E-state index in [0.29, 0.717) is 11.8 Å². The van der Waals surface area contributed by atoms with Crippen LogP contribution in [0.5, 0.6) is 0 Å². The Kier molecular flexibility index (Phi) is 9.78. The first-order chi connectivity index (χ1) is 28.1. The number of nitrogens with zero attached hydrogens (tertiary/aromatic N) is 3. The van der Waals surface area contributed by atoms with Gasteiger partial charge in [-0.3, -0.25) is 0 Å². The summed E-state index contributed by atoms with van der Waals surface area (Å²) in [4.78, 5) is 0. The van der Waals surface area contributed by atoms with Crippen LogP contribution in [0, 0.1) is 12.8 Å². The summed E-state index contributed by atoms with van der Waals surface area (Å²) in [5, 5.41) is 5.31. The van der Waals surface area contributed by atoms with Crippen molar-refractivity contribution in [2.45, 2.75) is 117 Å². The first-order valence-electron chi connectivity index (χ1n) is 22.2. The fraction of sp³-hybridized carbons (Fsp3) is 0.345. The van der Waals surface area contributed by atoms with Crippen LogP contribution in [0.15, 0.2) is 128 Å².